The molecule has 4 rings (SSSR count). The molecule has 2 heterocycles. The molecule has 0 radical (unpaired) electrons. The van der Waals surface area contributed by atoms with Crippen LogP contribution in [0.25, 0.3) is 10.8 Å². The number of rotatable bonds is 3. The highest BCUT2D eigenvalue weighted by Gasteiger charge is 2.21. The summed E-state index contributed by atoms with van der Waals surface area (Å²) in [6.45, 7) is 4.03. The first-order chi connectivity index (χ1) is 14.0. The largest absolute Gasteiger partial charge is 0.378 e. The van der Waals surface area contributed by atoms with Crippen molar-refractivity contribution < 1.29 is 14.3 Å². The third kappa shape index (κ3) is 3.77. The van der Waals surface area contributed by atoms with E-state index in [1.165, 1.54) is 6.20 Å². The number of aryl methyl sites for hydroxylation is 1. The maximum atomic E-state index is 12.9. The van der Waals surface area contributed by atoms with Gasteiger partial charge in [-0.15, -0.1) is 0 Å². The van der Waals surface area contributed by atoms with E-state index in [-0.39, 0.29) is 17.4 Å². The Labute approximate surface area is 167 Å². The van der Waals surface area contributed by atoms with E-state index in [0.29, 0.717) is 53.9 Å². The van der Waals surface area contributed by atoms with Gasteiger partial charge >= 0.3 is 0 Å². The molecule has 0 unspecified atom stereocenters. The van der Waals surface area contributed by atoms with E-state index in [2.05, 4.69) is 10.3 Å². The van der Waals surface area contributed by atoms with Crippen LogP contribution in [0.5, 0.6) is 0 Å². The Balaban J connectivity index is 1.62. The molecule has 1 aliphatic rings. The lowest BCUT2D eigenvalue weighted by Crippen LogP contribution is -2.41. The smallest absolute Gasteiger partial charge is 0.257 e. The van der Waals surface area contributed by atoms with Crippen LogP contribution in [0.2, 0.25) is 0 Å². The van der Waals surface area contributed by atoms with Gasteiger partial charge < -0.3 is 19.9 Å². The molecule has 7 heteroatoms. The molecule has 0 spiro atoms. The number of nitrogens with one attached hydrogen (secondary N) is 2. The van der Waals surface area contributed by atoms with Crippen molar-refractivity contribution in [1.82, 2.24) is 9.88 Å². The fourth-order valence-corrected chi connectivity index (χ4v) is 3.46. The number of anilines is 1. The van der Waals surface area contributed by atoms with Gasteiger partial charge in [-0.25, -0.2) is 0 Å². The standard InChI is InChI=1S/C22H21N3O4/c1-14-6-7-15(12-18(14)22(28)25-8-10-29-11-9-25)24-21(27)19-13-23-20(26)17-5-3-2-4-16(17)19/h2-7,12-13H,8-11H2,1H3,(H,23,26)(H,24,27). The molecule has 148 valence electrons. The van der Waals surface area contributed by atoms with Crippen LogP contribution in [0.4, 0.5) is 5.69 Å². The summed E-state index contributed by atoms with van der Waals surface area (Å²) < 4.78 is 5.31. The van der Waals surface area contributed by atoms with Gasteiger partial charge in [-0.3, -0.25) is 14.4 Å². The topological polar surface area (TPSA) is 91.5 Å². The second-order valence-electron chi connectivity index (χ2n) is 6.97. The number of hydrogen-bond acceptors (Lipinski definition) is 4. The van der Waals surface area contributed by atoms with E-state index < -0.39 is 0 Å². The SMILES string of the molecule is Cc1ccc(NC(=O)c2c[nH]c(=O)c3ccccc23)cc1C(=O)N1CCOCC1. The zero-order valence-electron chi connectivity index (χ0n) is 16.0. The van der Waals surface area contributed by atoms with Crippen molar-refractivity contribution in [2.45, 2.75) is 6.92 Å². The van der Waals surface area contributed by atoms with E-state index >= 15 is 0 Å². The maximum Gasteiger partial charge on any atom is 0.257 e. The van der Waals surface area contributed by atoms with Crippen LogP contribution < -0.4 is 10.9 Å². The summed E-state index contributed by atoms with van der Waals surface area (Å²) in [7, 11) is 0. The number of morpholine rings is 1. The highest BCUT2D eigenvalue weighted by Crippen LogP contribution is 2.20. The number of aromatic amines is 1. The predicted octanol–water partition coefficient (Wildman–Crippen LogP) is 2.56. The average Bonchev–Trinajstić information content (AvgIpc) is 2.75. The molecule has 1 aliphatic heterocycles. The Morgan fingerprint density at radius 2 is 1.76 bits per heavy atom. The zero-order chi connectivity index (χ0) is 20.4. The van der Waals surface area contributed by atoms with Gasteiger partial charge in [0.25, 0.3) is 17.4 Å². The molecule has 3 aromatic rings. The number of ether oxygens (including phenoxy) is 1. The van der Waals surface area contributed by atoms with Crippen molar-refractivity contribution in [3.63, 3.8) is 0 Å². The Bertz CT molecular complexity index is 1150. The molecule has 1 saturated heterocycles. The number of hydrogen-bond donors (Lipinski definition) is 2. The van der Waals surface area contributed by atoms with Gasteiger partial charge in [-0.2, -0.15) is 0 Å². The summed E-state index contributed by atoms with van der Waals surface area (Å²) in [5, 5.41) is 3.86. The number of pyridine rings is 1. The summed E-state index contributed by atoms with van der Waals surface area (Å²) in [5.41, 5.74) is 2.03. The van der Waals surface area contributed by atoms with Crippen molar-refractivity contribution in [1.29, 1.82) is 0 Å². The molecule has 1 fully saturated rings. The van der Waals surface area contributed by atoms with Crippen molar-refractivity contribution in [3.8, 4) is 0 Å². The lowest BCUT2D eigenvalue weighted by molar-refractivity contribution is 0.0302. The minimum absolute atomic E-state index is 0.0728. The highest BCUT2D eigenvalue weighted by molar-refractivity contribution is 6.12. The van der Waals surface area contributed by atoms with Crippen molar-refractivity contribution in [2.75, 3.05) is 31.6 Å². The number of amides is 2. The molecule has 0 saturated carbocycles. The van der Waals surface area contributed by atoms with Gasteiger partial charge in [-0.1, -0.05) is 24.3 Å². The molecule has 2 N–H and O–H groups in total. The van der Waals surface area contributed by atoms with E-state index in [1.54, 1.807) is 41.3 Å². The molecule has 0 atom stereocenters. The first kappa shape index (κ1) is 18.9. The van der Waals surface area contributed by atoms with Crippen LogP contribution in [-0.4, -0.2) is 48.0 Å². The Hall–Kier alpha value is -3.45. The van der Waals surface area contributed by atoms with E-state index in [0.717, 1.165) is 5.56 Å². The van der Waals surface area contributed by atoms with Crippen molar-refractivity contribution >= 4 is 28.3 Å². The quantitative estimate of drug-likeness (QED) is 0.718. The van der Waals surface area contributed by atoms with E-state index in [9.17, 15) is 14.4 Å². The number of H-pyrrole nitrogens is 1. The number of aromatic nitrogens is 1. The minimum atomic E-state index is -0.355. The molecule has 2 amide bonds. The van der Waals surface area contributed by atoms with Gasteiger partial charge in [0.15, 0.2) is 0 Å². The van der Waals surface area contributed by atoms with Gasteiger partial charge in [0, 0.05) is 41.3 Å². The van der Waals surface area contributed by atoms with Gasteiger partial charge in [0.2, 0.25) is 0 Å². The second-order valence-corrected chi connectivity index (χ2v) is 6.97. The molecule has 0 aliphatic carbocycles. The normalized spacial score (nSPS) is 14.0. The number of carbonyl (C=O) groups is 2. The molecular weight excluding hydrogens is 370 g/mol. The molecule has 29 heavy (non-hydrogen) atoms. The molecular formula is C22H21N3O4. The van der Waals surface area contributed by atoms with Crippen LogP contribution in [-0.2, 0) is 4.74 Å². The average molecular weight is 391 g/mol. The summed E-state index contributed by atoms with van der Waals surface area (Å²) >= 11 is 0. The zero-order valence-corrected chi connectivity index (χ0v) is 16.0. The van der Waals surface area contributed by atoms with Gasteiger partial charge in [0.05, 0.1) is 18.8 Å². The van der Waals surface area contributed by atoms with Crippen LogP contribution in [0.15, 0.2) is 53.5 Å². The summed E-state index contributed by atoms with van der Waals surface area (Å²) in [4.78, 5) is 42.1. The number of benzene rings is 2. The molecule has 0 bridgehead atoms. The summed E-state index contributed by atoms with van der Waals surface area (Å²) in [6, 6.07) is 12.2. The maximum absolute atomic E-state index is 12.9. The van der Waals surface area contributed by atoms with Crippen LogP contribution in [0, 0.1) is 6.92 Å². The first-order valence-electron chi connectivity index (χ1n) is 9.44. The third-order valence-corrected chi connectivity index (χ3v) is 5.08. The molecule has 2 aromatic carbocycles. The number of nitrogens with zero attached hydrogens (tertiary/aromatic N) is 1. The van der Waals surface area contributed by atoms with Crippen LogP contribution in [0.3, 0.4) is 0 Å². The Kier molecular flexibility index (Phi) is 5.14. The molecule has 7 nitrogen and oxygen atoms in total. The minimum Gasteiger partial charge on any atom is -0.378 e. The highest BCUT2D eigenvalue weighted by atomic mass is 16.5. The van der Waals surface area contributed by atoms with E-state index in [4.69, 9.17) is 4.74 Å². The molecule has 1 aromatic heterocycles. The van der Waals surface area contributed by atoms with Crippen LogP contribution >= 0.6 is 0 Å². The fraction of sp³-hybridized carbons (Fsp3) is 0.227. The Morgan fingerprint density at radius 3 is 2.52 bits per heavy atom. The predicted molar refractivity (Wildman–Crippen MR) is 110 cm³/mol. The second kappa shape index (κ2) is 7.89. The van der Waals surface area contributed by atoms with E-state index in [1.807, 2.05) is 13.0 Å². The van der Waals surface area contributed by atoms with Crippen LogP contribution in [0.1, 0.15) is 26.3 Å². The van der Waals surface area contributed by atoms with Gasteiger partial charge in [-0.05, 0) is 30.7 Å². The Morgan fingerprint density at radius 1 is 1.03 bits per heavy atom. The number of fused-ring (bicyclic) bond motifs is 1. The van der Waals surface area contributed by atoms with Crippen molar-refractivity contribution in [2.24, 2.45) is 0 Å². The monoisotopic (exact) mass is 391 g/mol. The lowest BCUT2D eigenvalue weighted by Gasteiger charge is -2.27. The van der Waals surface area contributed by atoms with Crippen molar-refractivity contribution in [3.05, 3.63) is 75.7 Å². The fourth-order valence-electron chi connectivity index (χ4n) is 3.46. The summed E-state index contributed by atoms with van der Waals surface area (Å²) in [5.74, 6) is -0.428. The first-order valence-corrected chi connectivity index (χ1v) is 9.44. The van der Waals surface area contributed by atoms with Gasteiger partial charge in [0.1, 0.15) is 0 Å². The number of carbonyl (C=O) groups excluding carboxylic acids is 2. The lowest BCUT2D eigenvalue weighted by atomic mass is 10.0. The third-order valence-electron chi connectivity index (χ3n) is 5.08. The summed E-state index contributed by atoms with van der Waals surface area (Å²) in [6.07, 6.45) is 1.41.